The fraction of sp³-hybridized carbons (Fsp3) is 0.481. The zero-order valence-electron chi connectivity index (χ0n) is 21.3. The minimum atomic E-state index is -4.65. The summed E-state index contributed by atoms with van der Waals surface area (Å²) in [4.78, 5) is 26.0. The lowest BCUT2D eigenvalue weighted by molar-refractivity contribution is -0.178. The van der Waals surface area contributed by atoms with Crippen LogP contribution in [0.3, 0.4) is 0 Å². The van der Waals surface area contributed by atoms with Gasteiger partial charge in [-0.2, -0.15) is 13.2 Å². The van der Waals surface area contributed by atoms with Crippen molar-refractivity contribution >= 4 is 40.8 Å². The molecule has 2 aromatic rings. The molecule has 0 bridgehead atoms. The molecule has 1 amide bonds. The largest absolute Gasteiger partial charge is 0.495 e. The summed E-state index contributed by atoms with van der Waals surface area (Å²) in [6.45, 7) is 6.34. The zero-order valence-corrected chi connectivity index (χ0v) is 22.8. The summed E-state index contributed by atoms with van der Waals surface area (Å²) in [5.41, 5.74) is -0.325. The second kappa shape index (κ2) is 10.7. The first-order chi connectivity index (χ1) is 17.1. The molecule has 1 fully saturated rings. The van der Waals surface area contributed by atoms with E-state index in [1.807, 2.05) is 0 Å². The predicted octanol–water partition coefficient (Wildman–Crippen LogP) is 7.59. The molecule has 1 saturated carbocycles. The van der Waals surface area contributed by atoms with Gasteiger partial charge in [-0.25, -0.2) is 0 Å². The Balaban J connectivity index is 1.88. The molecular formula is C27H30Cl2F3NO4. The van der Waals surface area contributed by atoms with Crippen molar-refractivity contribution in [3.8, 4) is 5.75 Å². The summed E-state index contributed by atoms with van der Waals surface area (Å²) in [5.74, 6) is -4.63. The SMILES string of the molecule is COc1cc([C@@H](C(=O)Nc2cc(CC3(C(=O)OC(C)(C)C)CC3)ccc2Cl)[C@@H](C)C(F)(F)F)ccc1Cl. The molecule has 202 valence electrons. The minimum absolute atomic E-state index is 0.0951. The van der Waals surface area contributed by atoms with Gasteiger partial charge in [0.1, 0.15) is 11.4 Å². The fourth-order valence-corrected chi connectivity index (χ4v) is 4.46. The van der Waals surface area contributed by atoms with Crippen molar-refractivity contribution in [1.29, 1.82) is 0 Å². The number of carbonyl (C=O) groups is 2. The molecule has 1 aliphatic rings. The van der Waals surface area contributed by atoms with E-state index in [1.54, 1.807) is 39.0 Å². The van der Waals surface area contributed by atoms with Gasteiger partial charge in [-0.3, -0.25) is 9.59 Å². The van der Waals surface area contributed by atoms with E-state index in [0.717, 1.165) is 6.92 Å². The molecule has 37 heavy (non-hydrogen) atoms. The molecule has 3 rings (SSSR count). The Kier molecular flexibility index (Phi) is 8.44. The van der Waals surface area contributed by atoms with Crippen molar-refractivity contribution in [1.82, 2.24) is 0 Å². The Morgan fingerprint density at radius 3 is 2.22 bits per heavy atom. The van der Waals surface area contributed by atoms with E-state index in [0.29, 0.717) is 24.8 Å². The van der Waals surface area contributed by atoms with Gasteiger partial charge in [0.2, 0.25) is 5.91 Å². The van der Waals surface area contributed by atoms with Gasteiger partial charge in [-0.15, -0.1) is 0 Å². The number of methoxy groups -OCH3 is 1. The molecule has 0 aliphatic heterocycles. The average molecular weight is 560 g/mol. The molecule has 5 nitrogen and oxygen atoms in total. The number of alkyl halides is 3. The van der Waals surface area contributed by atoms with Gasteiger partial charge in [0.05, 0.1) is 40.1 Å². The van der Waals surface area contributed by atoms with Gasteiger partial charge in [0.15, 0.2) is 0 Å². The summed E-state index contributed by atoms with van der Waals surface area (Å²) in [7, 11) is 1.34. The Labute approximate surface area is 224 Å². The van der Waals surface area contributed by atoms with Crippen LogP contribution >= 0.6 is 23.2 Å². The highest BCUT2D eigenvalue weighted by Crippen LogP contribution is 2.50. The predicted molar refractivity (Wildman–Crippen MR) is 137 cm³/mol. The quantitative estimate of drug-likeness (QED) is 0.338. The van der Waals surface area contributed by atoms with Crippen molar-refractivity contribution < 1.29 is 32.2 Å². The average Bonchev–Trinajstić information content (AvgIpc) is 3.56. The maximum atomic E-state index is 13.8. The Hall–Kier alpha value is -2.45. The molecule has 2 aromatic carbocycles. The third-order valence-electron chi connectivity index (χ3n) is 6.35. The number of rotatable bonds is 8. The maximum Gasteiger partial charge on any atom is 0.392 e. The maximum absolute atomic E-state index is 13.8. The van der Waals surface area contributed by atoms with Gasteiger partial charge in [-0.1, -0.05) is 42.3 Å². The monoisotopic (exact) mass is 559 g/mol. The molecule has 0 unspecified atom stereocenters. The summed E-state index contributed by atoms with van der Waals surface area (Å²) in [6.07, 6.45) is -2.96. The van der Waals surface area contributed by atoms with Gasteiger partial charge >= 0.3 is 12.1 Å². The highest BCUT2D eigenvalue weighted by Gasteiger charge is 2.52. The number of nitrogens with one attached hydrogen (secondary N) is 1. The first kappa shape index (κ1) is 29.1. The molecule has 1 N–H and O–H groups in total. The Morgan fingerprint density at radius 1 is 1.05 bits per heavy atom. The molecular weight excluding hydrogens is 530 g/mol. The number of esters is 1. The van der Waals surface area contributed by atoms with Gasteiger partial charge < -0.3 is 14.8 Å². The smallest absolute Gasteiger partial charge is 0.392 e. The fourth-order valence-electron chi connectivity index (χ4n) is 4.10. The van der Waals surface area contributed by atoms with Crippen molar-refractivity contribution in [2.45, 2.75) is 64.7 Å². The van der Waals surface area contributed by atoms with Crippen molar-refractivity contribution in [2.24, 2.45) is 11.3 Å². The number of anilines is 1. The number of amides is 1. The summed E-state index contributed by atoms with van der Waals surface area (Å²) < 4.78 is 52.0. The standard InChI is InChI=1S/C27H30Cl2F3NO4/c1-15(27(30,31)32)22(17-7-9-19(29)21(13-17)36-5)23(34)33-20-12-16(6-8-18(20)28)14-26(10-11-26)24(35)37-25(2,3)4/h6-9,12-13,15,22H,10-11,14H2,1-5H3,(H,33,34)/t15-,22+/m1/s1. The van der Waals surface area contributed by atoms with Crippen LogP contribution in [0.2, 0.25) is 10.0 Å². The van der Waals surface area contributed by atoms with Crippen LogP contribution in [-0.2, 0) is 20.7 Å². The molecule has 0 spiro atoms. The molecule has 0 radical (unpaired) electrons. The molecule has 10 heteroatoms. The summed E-state index contributed by atoms with van der Waals surface area (Å²) in [5, 5.41) is 2.93. The third kappa shape index (κ3) is 7.11. The van der Waals surface area contributed by atoms with Crippen LogP contribution in [0.4, 0.5) is 18.9 Å². The van der Waals surface area contributed by atoms with Gasteiger partial charge in [-0.05, 0) is 75.4 Å². The second-order valence-electron chi connectivity index (χ2n) is 10.5. The van der Waals surface area contributed by atoms with Crippen LogP contribution in [-0.4, -0.2) is 30.8 Å². The van der Waals surface area contributed by atoms with Crippen LogP contribution in [0.1, 0.15) is 57.6 Å². The van der Waals surface area contributed by atoms with E-state index in [9.17, 15) is 22.8 Å². The van der Waals surface area contributed by atoms with Crippen molar-refractivity contribution in [3.63, 3.8) is 0 Å². The van der Waals surface area contributed by atoms with Gasteiger partial charge in [0.25, 0.3) is 0 Å². The lowest BCUT2D eigenvalue weighted by Gasteiger charge is -2.26. The third-order valence-corrected chi connectivity index (χ3v) is 6.99. The number of halogens is 5. The lowest BCUT2D eigenvalue weighted by atomic mass is 9.85. The number of hydrogen-bond donors (Lipinski definition) is 1. The van der Waals surface area contributed by atoms with Crippen LogP contribution in [0.15, 0.2) is 36.4 Å². The van der Waals surface area contributed by atoms with E-state index in [1.165, 1.54) is 25.3 Å². The normalized spacial score (nSPS) is 16.5. The van der Waals surface area contributed by atoms with E-state index in [2.05, 4.69) is 5.32 Å². The highest BCUT2D eigenvalue weighted by atomic mass is 35.5. The van der Waals surface area contributed by atoms with Gasteiger partial charge in [0, 0.05) is 0 Å². The number of benzene rings is 2. The molecule has 2 atom stereocenters. The van der Waals surface area contributed by atoms with Crippen LogP contribution < -0.4 is 10.1 Å². The van der Waals surface area contributed by atoms with E-state index >= 15 is 0 Å². The lowest BCUT2D eigenvalue weighted by Crippen LogP contribution is -2.34. The Bertz CT molecular complexity index is 1170. The second-order valence-corrected chi connectivity index (χ2v) is 11.3. The highest BCUT2D eigenvalue weighted by molar-refractivity contribution is 6.33. The van der Waals surface area contributed by atoms with E-state index < -0.39 is 34.9 Å². The number of carbonyl (C=O) groups excluding carboxylic acids is 2. The van der Waals surface area contributed by atoms with Crippen LogP contribution in [0, 0.1) is 11.3 Å². The first-order valence-electron chi connectivity index (χ1n) is 11.8. The van der Waals surface area contributed by atoms with E-state index in [4.69, 9.17) is 32.7 Å². The number of ether oxygens (including phenoxy) is 2. The first-order valence-corrected chi connectivity index (χ1v) is 12.5. The Morgan fingerprint density at radius 2 is 1.68 bits per heavy atom. The summed E-state index contributed by atoms with van der Waals surface area (Å²) >= 11 is 12.3. The van der Waals surface area contributed by atoms with Crippen molar-refractivity contribution in [3.05, 3.63) is 57.6 Å². The molecule has 0 saturated heterocycles. The summed E-state index contributed by atoms with van der Waals surface area (Å²) in [6, 6.07) is 8.94. The van der Waals surface area contributed by atoms with Crippen LogP contribution in [0.25, 0.3) is 0 Å². The minimum Gasteiger partial charge on any atom is -0.495 e. The topological polar surface area (TPSA) is 64.6 Å². The molecule has 0 aromatic heterocycles. The van der Waals surface area contributed by atoms with Crippen LogP contribution in [0.5, 0.6) is 5.75 Å². The zero-order chi connectivity index (χ0) is 27.8. The number of hydrogen-bond acceptors (Lipinski definition) is 4. The van der Waals surface area contributed by atoms with Crippen molar-refractivity contribution in [2.75, 3.05) is 12.4 Å². The van der Waals surface area contributed by atoms with E-state index in [-0.39, 0.29) is 33.0 Å². The molecule has 1 aliphatic carbocycles. The molecule has 0 heterocycles.